The summed E-state index contributed by atoms with van der Waals surface area (Å²) in [6, 6.07) is 14.2. The zero-order valence-electron chi connectivity index (χ0n) is 19.5. The minimum atomic E-state index is -0.188. The Bertz CT molecular complexity index is 953. The Labute approximate surface area is 206 Å². The Balaban J connectivity index is 1.33. The number of nitrogens with zero attached hydrogens (tertiary/aromatic N) is 2. The lowest BCUT2D eigenvalue weighted by molar-refractivity contribution is -0.136. The second-order valence-electron chi connectivity index (χ2n) is 8.87. The van der Waals surface area contributed by atoms with E-state index in [1.54, 1.807) is 31.4 Å². The van der Waals surface area contributed by atoms with Gasteiger partial charge < -0.3 is 19.7 Å². The number of carbonyl (C=O) groups excluding carboxylic acids is 2. The molecule has 1 saturated heterocycles. The third kappa shape index (κ3) is 6.21. The molecule has 1 heterocycles. The van der Waals surface area contributed by atoms with Crippen LogP contribution in [0.25, 0.3) is 0 Å². The second kappa shape index (κ2) is 11.6. The lowest BCUT2D eigenvalue weighted by Crippen LogP contribution is -2.57. The monoisotopic (exact) mass is 485 g/mol. The van der Waals surface area contributed by atoms with Crippen LogP contribution in [0.1, 0.15) is 25.7 Å². The molecule has 1 aliphatic carbocycles. The molecule has 2 fully saturated rings. The zero-order valence-corrected chi connectivity index (χ0v) is 20.3. The SMILES string of the molecule is COc1ccc(NC(=O)[C@@H](C2CCCC2)N2CCN(C(=O)COc3ccc(Cl)cc3)CC2)cc1. The van der Waals surface area contributed by atoms with Crippen LogP contribution >= 0.6 is 11.6 Å². The summed E-state index contributed by atoms with van der Waals surface area (Å²) in [5.41, 5.74) is 0.766. The number of carbonyl (C=O) groups is 2. The van der Waals surface area contributed by atoms with Crippen LogP contribution in [-0.4, -0.2) is 67.6 Å². The average Bonchev–Trinajstić information content (AvgIpc) is 3.39. The van der Waals surface area contributed by atoms with E-state index in [4.69, 9.17) is 21.1 Å². The van der Waals surface area contributed by atoms with Crippen LogP contribution in [0.5, 0.6) is 11.5 Å². The number of piperazine rings is 1. The fraction of sp³-hybridized carbons (Fsp3) is 0.462. The summed E-state index contributed by atoms with van der Waals surface area (Å²) in [5.74, 6) is 1.70. The first-order valence-electron chi connectivity index (χ1n) is 11.9. The van der Waals surface area contributed by atoms with Crippen molar-refractivity contribution < 1.29 is 19.1 Å². The molecule has 2 amide bonds. The van der Waals surface area contributed by atoms with Crippen molar-refractivity contribution in [1.29, 1.82) is 0 Å². The molecule has 1 aliphatic heterocycles. The summed E-state index contributed by atoms with van der Waals surface area (Å²) >= 11 is 5.89. The highest BCUT2D eigenvalue weighted by Gasteiger charge is 2.37. The minimum Gasteiger partial charge on any atom is -0.497 e. The van der Waals surface area contributed by atoms with Gasteiger partial charge in [-0.15, -0.1) is 0 Å². The Morgan fingerprint density at radius 3 is 2.21 bits per heavy atom. The van der Waals surface area contributed by atoms with Crippen molar-refractivity contribution in [3.8, 4) is 11.5 Å². The van der Waals surface area contributed by atoms with Crippen molar-refractivity contribution in [1.82, 2.24) is 9.80 Å². The quantitative estimate of drug-likeness (QED) is 0.610. The van der Waals surface area contributed by atoms with Crippen molar-refractivity contribution in [2.24, 2.45) is 5.92 Å². The number of hydrogen-bond acceptors (Lipinski definition) is 5. The molecule has 1 saturated carbocycles. The molecule has 2 aromatic carbocycles. The maximum atomic E-state index is 13.4. The maximum Gasteiger partial charge on any atom is 0.260 e. The van der Waals surface area contributed by atoms with Crippen LogP contribution in [0.2, 0.25) is 5.02 Å². The van der Waals surface area contributed by atoms with Gasteiger partial charge in [0.15, 0.2) is 6.61 Å². The third-order valence-electron chi connectivity index (χ3n) is 6.71. The molecule has 34 heavy (non-hydrogen) atoms. The summed E-state index contributed by atoms with van der Waals surface area (Å²) in [7, 11) is 1.62. The molecule has 0 spiro atoms. The lowest BCUT2D eigenvalue weighted by Gasteiger charge is -2.40. The first-order chi connectivity index (χ1) is 16.5. The molecule has 1 atom stereocenters. The van der Waals surface area contributed by atoms with Crippen molar-refractivity contribution in [3.63, 3.8) is 0 Å². The van der Waals surface area contributed by atoms with E-state index in [2.05, 4.69) is 10.2 Å². The standard InChI is InChI=1S/C26H32ClN3O4/c1-33-22-12-8-21(9-13-22)28-26(32)25(19-4-2-3-5-19)30-16-14-29(15-17-30)24(31)18-34-23-10-6-20(27)7-11-23/h6-13,19,25H,2-5,14-18H2,1H3,(H,28,32)/t25-/m1/s1. The van der Waals surface area contributed by atoms with Gasteiger partial charge in [-0.05, 0) is 67.3 Å². The molecule has 2 aromatic rings. The summed E-state index contributed by atoms with van der Waals surface area (Å²) in [4.78, 5) is 30.1. The Morgan fingerprint density at radius 2 is 1.59 bits per heavy atom. The van der Waals surface area contributed by atoms with Crippen molar-refractivity contribution in [2.45, 2.75) is 31.7 Å². The van der Waals surface area contributed by atoms with Gasteiger partial charge in [-0.25, -0.2) is 0 Å². The van der Waals surface area contributed by atoms with Crippen LogP contribution < -0.4 is 14.8 Å². The average molecular weight is 486 g/mol. The molecule has 1 N–H and O–H groups in total. The van der Waals surface area contributed by atoms with Gasteiger partial charge in [-0.1, -0.05) is 24.4 Å². The van der Waals surface area contributed by atoms with E-state index in [1.165, 1.54) is 0 Å². The number of halogens is 1. The molecule has 182 valence electrons. The highest BCUT2D eigenvalue weighted by atomic mass is 35.5. The molecular formula is C26H32ClN3O4. The Hall–Kier alpha value is -2.77. The highest BCUT2D eigenvalue weighted by molar-refractivity contribution is 6.30. The van der Waals surface area contributed by atoms with E-state index in [-0.39, 0.29) is 24.5 Å². The minimum absolute atomic E-state index is 0.00829. The first-order valence-corrected chi connectivity index (χ1v) is 12.3. The van der Waals surface area contributed by atoms with Gasteiger partial charge in [0.05, 0.1) is 13.2 Å². The van der Waals surface area contributed by atoms with E-state index in [9.17, 15) is 9.59 Å². The van der Waals surface area contributed by atoms with E-state index in [0.29, 0.717) is 42.9 Å². The van der Waals surface area contributed by atoms with Crippen molar-refractivity contribution in [2.75, 3.05) is 45.2 Å². The maximum absolute atomic E-state index is 13.4. The number of benzene rings is 2. The predicted octanol–water partition coefficient (Wildman–Crippen LogP) is 4.07. The van der Waals surface area contributed by atoms with Crippen molar-refractivity contribution >= 4 is 29.1 Å². The fourth-order valence-corrected chi connectivity index (χ4v) is 4.98. The Morgan fingerprint density at radius 1 is 0.971 bits per heavy atom. The van der Waals surface area contributed by atoms with E-state index in [0.717, 1.165) is 37.1 Å². The normalized spacial score (nSPS) is 17.9. The molecule has 0 radical (unpaired) electrons. The molecule has 7 nitrogen and oxygen atoms in total. The van der Waals surface area contributed by atoms with Gasteiger partial charge in [0.1, 0.15) is 11.5 Å². The number of amides is 2. The summed E-state index contributed by atoms with van der Waals surface area (Å²) in [6.45, 7) is 2.50. The molecular weight excluding hydrogens is 454 g/mol. The van der Waals surface area contributed by atoms with Crippen LogP contribution in [0, 0.1) is 5.92 Å². The molecule has 0 bridgehead atoms. The summed E-state index contributed by atoms with van der Waals surface area (Å²) in [5, 5.41) is 3.73. The van der Waals surface area contributed by atoms with Gasteiger partial charge in [0, 0.05) is 36.9 Å². The largest absolute Gasteiger partial charge is 0.497 e. The van der Waals surface area contributed by atoms with Crippen LogP contribution in [-0.2, 0) is 9.59 Å². The number of hydrogen-bond donors (Lipinski definition) is 1. The number of anilines is 1. The fourth-order valence-electron chi connectivity index (χ4n) is 4.86. The molecule has 2 aliphatic rings. The zero-order chi connectivity index (χ0) is 23.9. The smallest absolute Gasteiger partial charge is 0.260 e. The molecule has 0 unspecified atom stereocenters. The molecule has 0 aromatic heterocycles. The van der Waals surface area contributed by atoms with Gasteiger partial charge in [0.25, 0.3) is 5.91 Å². The van der Waals surface area contributed by atoms with Gasteiger partial charge in [-0.3, -0.25) is 14.5 Å². The number of methoxy groups -OCH3 is 1. The second-order valence-corrected chi connectivity index (χ2v) is 9.30. The first kappa shape index (κ1) is 24.4. The van der Waals surface area contributed by atoms with Gasteiger partial charge in [-0.2, -0.15) is 0 Å². The summed E-state index contributed by atoms with van der Waals surface area (Å²) in [6.07, 6.45) is 4.46. The number of nitrogens with one attached hydrogen (secondary N) is 1. The van der Waals surface area contributed by atoms with E-state index in [1.807, 2.05) is 29.2 Å². The Kier molecular flexibility index (Phi) is 8.29. The van der Waals surface area contributed by atoms with E-state index < -0.39 is 0 Å². The van der Waals surface area contributed by atoms with Crippen molar-refractivity contribution in [3.05, 3.63) is 53.6 Å². The van der Waals surface area contributed by atoms with Crippen LogP contribution in [0.3, 0.4) is 0 Å². The number of ether oxygens (including phenoxy) is 2. The molecule has 8 heteroatoms. The van der Waals surface area contributed by atoms with Gasteiger partial charge in [0.2, 0.25) is 5.91 Å². The van der Waals surface area contributed by atoms with Gasteiger partial charge >= 0.3 is 0 Å². The van der Waals surface area contributed by atoms with Crippen LogP contribution in [0.4, 0.5) is 5.69 Å². The highest BCUT2D eigenvalue weighted by Crippen LogP contribution is 2.32. The lowest BCUT2D eigenvalue weighted by atomic mass is 9.95. The molecule has 4 rings (SSSR count). The third-order valence-corrected chi connectivity index (χ3v) is 6.96. The number of rotatable bonds is 8. The van der Waals surface area contributed by atoms with E-state index >= 15 is 0 Å². The predicted molar refractivity (Wildman–Crippen MR) is 132 cm³/mol. The summed E-state index contributed by atoms with van der Waals surface area (Å²) < 4.78 is 10.8. The van der Waals surface area contributed by atoms with Crippen LogP contribution in [0.15, 0.2) is 48.5 Å². The topological polar surface area (TPSA) is 71.1 Å².